The summed E-state index contributed by atoms with van der Waals surface area (Å²) in [5.74, 6) is 0.714. The Morgan fingerprint density at radius 2 is 1.50 bits per heavy atom. The van der Waals surface area contributed by atoms with E-state index >= 15 is 0 Å². The second kappa shape index (κ2) is 7.26. The topological polar surface area (TPSA) is 29.1 Å². The van der Waals surface area contributed by atoms with Gasteiger partial charge in [0.1, 0.15) is 0 Å². The quantitative estimate of drug-likeness (QED) is 0.872. The van der Waals surface area contributed by atoms with Crippen molar-refractivity contribution in [2.24, 2.45) is 5.92 Å². The molecule has 1 saturated carbocycles. The maximum absolute atomic E-state index is 12.2. The molecule has 22 heavy (non-hydrogen) atoms. The van der Waals surface area contributed by atoms with Crippen LogP contribution in [0, 0.1) is 5.92 Å². The molecule has 0 spiro atoms. The predicted octanol–water partition coefficient (Wildman–Crippen LogP) is 4.66. The van der Waals surface area contributed by atoms with E-state index in [1.807, 2.05) is 42.5 Å². The van der Waals surface area contributed by atoms with Crippen LogP contribution in [-0.2, 0) is 0 Å². The molecule has 1 N–H and O–H groups in total. The average molecular weight is 293 g/mol. The number of benzene rings is 2. The molecular formula is C20H23NO. The molecule has 3 rings (SSSR count). The number of rotatable bonds is 4. The molecular weight excluding hydrogens is 270 g/mol. The number of hydrogen-bond acceptors (Lipinski definition) is 1. The summed E-state index contributed by atoms with van der Waals surface area (Å²) in [4.78, 5) is 12.2. The molecule has 2 heteroatoms. The Morgan fingerprint density at radius 1 is 0.864 bits per heavy atom. The number of carbonyl (C=O) groups excluding carboxylic acids is 1. The Bertz CT molecular complexity index is 597. The van der Waals surface area contributed by atoms with Crippen LogP contribution in [0.4, 0.5) is 0 Å². The Labute approximate surface area is 132 Å². The van der Waals surface area contributed by atoms with Crippen LogP contribution in [0.25, 0.3) is 11.1 Å². The monoisotopic (exact) mass is 293 g/mol. The van der Waals surface area contributed by atoms with Crippen molar-refractivity contribution in [3.05, 3.63) is 60.2 Å². The Morgan fingerprint density at radius 3 is 2.18 bits per heavy atom. The van der Waals surface area contributed by atoms with Gasteiger partial charge in [0.25, 0.3) is 5.91 Å². The van der Waals surface area contributed by atoms with E-state index in [0.717, 1.165) is 17.7 Å². The molecule has 1 amide bonds. The second-order valence-electron chi connectivity index (χ2n) is 6.16. The maximum Gasteiger partial charge on any atom is 0.251 e. The van der Waals surface area contributed by atoms with Crippen LogP contribution >= 0.6 is 0 Å². The van der Waals surface area contributed by atoms with Crippen LogP contribution in [0.2, 0.25) is 0 Å². The summed E-state index contributed by atoms with van der Waals surface area (Å²) in [7, 11) is 0. The summed E-state index contributed by atoms with van der Waals surface area (Å²) in [5, 5.41) is 3.09. The molecule has 0 aliphatic heterocycles. The average Bonchev–Trinajstić information content (AvgIpc) is 2.61. The zero-order valence-corrected chi connectivity index (χ0v) is 12.9. The Hall–Kier alpha value is -2.09. The third-order valence-electron chi connectivity index (χ3n) is 4.53. The van der Waals surface area contributed by atoms with Gasteiger partial charge in [-0.25, -0.2) is 0 Å². The molecule has 2 nitrogen and oxygen atoms in total. The summed E-state index contributed by atoms with van der Waals surface area (Å²) < 4.78 is 0. The molecule has 1 aliphatic rings. The van der Waals surface area contributed by atoms with E-state index in [1.54, 1.807) is 0 Å². The van der Waals surface area contributed by atoms with Gasteiger partial charge < -0.3 is 5.32 Å². The van der Waals surface area contributed by atoms with Crippen molar-refractivity contribution in [3.8, 4) is 11.1 Å². The molecule has 1 aliphatic carbocycles. The molecule has 0 atom stereocenters. The lowest BCUT2D eigenvalue weighted by molar-refractivity contribution is 0.0943. The van der Waals surface area contributed by atoms with Crippen molar-refractivity contribution < 1.29 is 4.79 Å². The minimum absolute atomic E-state index is 0.0465. The van der Waals surface area contributed by atoms with Crippen LogP contribution in [0.5, 0.6) is 0 Å². The van der Waals surface area contributed by atoms with Crippen molar-refractivity contribution in [1.29, 1.82) is 0 Å². The van der Waals surface area contributed by atoms with E-state index in [0.29, 0.717) is 5.92 Å². The summed E-state index contributed by atoms with van der Waals surface area (Å²) in [6.07, 6.45) is 6.49. The molecule has 0 heterocycles. The molecule has 0 radical (unpaired) electrons. The zero-order chi connectivity index (χ0) is 15.2. The van der Waals surface area contributed by atoms with E-state index in [4.69, 9.17) is 0 Å². The zero-order valence-electron chi connectivity index (χ0n) is 12.9. The summed E-state index contributed by atoms with van der Waals surface area (Å²) >= 11 is 0. The number of amides is 1. The first-order valence-corrected chi connectivity index (χ1v) is 8.26. The van der Waals surface area contributed by atoms with Crippen LogP contribution < -0.4 is 5.32 Å². The first-order valence-electron chi connectivity index (χ1n) is 8.26. The highest BCUT2D eigenvalue weighted by Gasteiger charge is 2.14. The molecule has 0 bridgehead atoms. The summed E-state index contributed by atoms with van der Waals surface area (Å²) in [6.45, 7) is 0.819. The SMILES string of the molecule is O=C(NCC1CCCCC1)c1ccc(-c2ccccc2)cc1. The fourth-order valence-corrected chi connectivity index (χ4v) is 3.18. The lowest BCUT2D eigenvalue weighted by Crippen LogP contribution is -2.30. The van der Waals surface area contributed by atoms with E-state index in [2.05, 4.69) is 17.4 Å². The van der Waals surface area contributed by atoms with E-state index in [1.165, 1.54) is 37.7 Å². The standard InChI is InChI=1S/C20H23NO/c22-20(21-15-16-7-3-1-4-8-16)19-13-11-18(12-14-19)17-9-5-2-6-10-17/h2,5-6,9-14,16H,1,3-4,7-8,15H2,(H,21,22). The number of carbonyl (C=O) groups is 1. The third kappa shape index (κ3) is 3.76. The third-order valence-corrected chi connectivity index (χ3v) is 4.53. The van der Waals surface area contributed by atoms with Gasteiger partial charge in [-0.05, 0) is 42.0 Å². The van der Waals surface area contributed by atoms with Gasteiger partial charge in [-0.3, -0.25) is 4.79 Å². The molecule has 2 aromatic rings. The van der Waals surface area contributed by atoms with Crippen molar-refractivity contribution in [3.63, 3.8) is 0 Å². The fourth-order valence-electron chi connectivity index (χ4n) is 3.18. The summed E-state index contributed by atoms with van der Waals surface area (Å²) in [6, 6.07) is 18.1. The normalized spacial score (nSPS) is 15.5. The minimum Gasteiger partial charge on any atom is -0.352 e. The van der Waals surface area contributed by atoms with Gasteiger partial charge in [0.15, 0.2) is 0 Å². The second-order valence-corrected chi connectivity index (χ2v) is 6.16. The van der Waals surface area contributed by atoms with E-state index < -0.39 is 0 Å². The lowest BCUT2D eigenvalue weighted by Gasteiger charge is -2.21. The number of nitrogens with one attached hydrogen (secondary N) is 1. The van der Waals surface area contributed by atoms with E-state index in [9.17, 15) is 4.79 Å². The van der Waals surface area contributed by atoms with Gasteiger partial charge in [-0.2, -0.15) is 0 Å². The lowest BCUT2D eigenvalue weighted by atomic mass is 9.89. The minimum atomic E-state index is 0.0465. The number of hydrogen-bond donors (Lipinski definition) is 1. The fraction of sp³-hybridized carbons (Fsp3) is 0.350. The van der Waals surface area contributed by atoms with Crippen molar-refractivity contribution >= 4 is 5.91 Å². The van der Waals surface area contributed by atoms with Crippen LogP contribution in [0.3, 0.4) is 0 Å². The summed E-state index contributed by atoms with van der Waals surface area (Å²) in [5.41, 5.74) is 3.07. The largest absolute Gasteiger partial charge is 0.352 e. The first-order chi connectivity index (χ1) is 10.8. The maximum atomic E-state index is 12.2. The van der Waals surface area contributed by atoms with Gasteiger partial charge in [0.05, 0.1) is 0 Å². The van der Waals surface area contributed by atoms with Gasteiger partial charge in [0.2, 0.25) is 0 Å². The van der Waals surface area contributed by atoms with Crippen LogP contribution in [0.1, 0.15) is 42.5 Å². The highest BCUT2D eigenvalue weighted by Crippen LogP contribution is 2.23. The molecule has 0 aromatic heterocycles. The van der Waals surface area contributed by atoms with Gasteiger partial charge in [-0.1, -0.05) is 61.7 Å². The Balaban J connectivity index is 1.59. The Kier molecular flexibility index (Phi) is 4.89. The van der Waals surface area contributed by atoms with Crippen LogP contribution in [-0.4, -0.2) is 12.5 Å². The molecule has 0 unspecified atom stereocenters. The van der Waals surface area contributed by atoms with E-state index in [-0.39, 0.29) is 5.91 Å². The first kappa shape index (κ1) is 14.8. The molecule has 2 aromatic carbocycles. The van der Waals surface area contributed by atoms with Gasteiger partial charge in [0, 0.05) is 12.1 Å². The van der Waals surface area contributed by atoms with Crippen LogP contribution in [0.15, 0.2) is 54.6 Å². The van der Waals surface area contributed by atoms with Gasteiger partial charge in [-0.15, -0.1) is 0 Å². The van der Waals surface area contributed by atoms with Crippen molar-refractivity contribution in [1.82, 2.24) is 5.32 Å². The predicted molar refractivity (Wildman–Crippen MR) is 90.8 cm³/mol. The molecule has 0 saturated heterocycles. The highest BCUT2D eigenvalue weighted by molar-refractivity contribution is 5.94. The molecule has 1 fully saturated rings. The molecule has 114 valence electrons. The van der Waals surface area contributed by atoms with Crippen molar-refractivity contribution in [2.75, 3.05) is 6.54 Å². The smallest absolute Gasteiger partial charge is 0.251 e. The van der Waals surface area contributed by atoms with Crippen molar-refractivity contribution in [2.45, 2.75) is 32.1 Å². The van der Waals surface area contributed by atoms with Gasteiger partial charge >= 0.3 is 0 Å². The highest BCUT2D eigenvalue weighted by atomic mass is 16.1.